The molecule has 1 fully saturated rings. The molecule has 0 spiro atoms. The molecule has 1 aromatic rings. The van der Waals surface area contributed by atoms with Crippen LogP contribution in [0.3, 0.4) is 0 Å². The fraction of sp³-hybridized carbons (Fsp3) is 0.133. The van der Waals surface area contributed by atoms with Gasteiger partial charge in [0, 0.05) is 6.54 Å². The van der Waals surface area contributed by atoms with Gasteiger partial charge in [-0.3, -0.25) is 19.8 Å². The van der Waals surface area contributed by atoms with E-state index < -0.39 is 11.8 Å². The number of carbonyl (C=O) groups is 2. The highest BCUT2D eigenvalue weighted by Crippen LogP contribution is 2.33. The fourth-order valence-electron chi connectivity index (χ4n) is 2.16. The van der Waals surface area contributed by atoms with E-state index in [0.717, 1.165) is 0 Å². The smallest absolute Gasteiger partial charge is 0.265 e. The zero-order valence-corrected chi connectivity index (χ0v) is 12.3. The van der Waals surface area contributed by atoms with E-state index >= 15 is 0 Å². The van der Waals surface area contributed by atoms with E-state index in [0.29, 0.717) is 17.1 Å². The Morgan fingerprint density at radius 1 is 1.32 bits per heavy atom. The minimum atomic E-state index is -0.520. The molecule has 0 radical (unpaired) electrons. The van der Waals surface area contributed by atoms with Gasteiger partial charge in [0.05, 0.1) is 0 Å². The highest BCUT2D eigenvalue weighted by molar-refractivity contribution is 7.80. The van der Waals surface area contributed by atoms with Gasteiger partial charge in [-0.25, -0.2) is 0 Å². The van der Waals surface area contributed by atoms with Gasteiger partial charge >= 0.3 is 0 Å². The van der Waals surface area contributed by atoms with Crippen LogP contribution >= 0.6 is 12.2 Å². The summed E-state index contributed by atoms with van der Waals surface area (Å²) < 4.78 is 10.5. The van der Waals surface area contributed by atoms with Gasteiger partial charge in [0.15, 0.2) is 16.6 Å². The number of carbonyl (C=O) groups excluding carboxylic acids is 2. The zero-order chi connectivity index (χ0) is 15.7. The number of rotatable bonds is 3. The van der Waals surface area contributed by atoms with Crippen molar-refractivity contribution in [2.24, 2.45) is 0 Å². The highest BCUT2D eigenvalue weighted by atomic mass is 32.1. The molecule has 0 aliphatic carbocycles. The first-order chi connectivity index (χ1) is 10.6. The third-order valence-corrected chi connectivity index (χ3v) is 3.53. The lowest BCUT2D eigenvalue weighted by Gasteiger charge is -2.27. The molecule has 0 bridgehead atoms. The van der Waals surface area contributed by atoms with Gasteiger partial charge < -0.3 is 9.47 Å². The predicted octanol–water partition coefficient (Wildman–Crippen LogP) is 1.23. The summed E-state index contributed by atoms with van der Waals surface area (Å²) in [4.78, 5) is 25.7. The second kappa shape index (κ2) is 5.61. The van der Waals surface area contributed by atoms with Crippen LogP contribution < -0.4 is 14.8 Å². The van der Waals surface area contributed by atoms with E-state index in [4.69, 9.17) is 21.7 Å². The van der Waals surface area contributed by atoms with E-state index in [-0.39, 0.29) is 24.0 Å². The Morgan fingerprint density at radius 2 is 2.09 bits per heavy atom. The quantitative estimate of drug-likeness (QED) is 0.393. The molecule has 1 aromatic carbocycles. The number of ether oxygens (including phenoxy) is 2. The number of amides is 2. The first-order valence-electron chi connectivity index (χ1n) is 6.49. The minimum absolute atomic E-state index is 0.00863. The molecule has 0 aromatic heterocycles. The Bertz CT molecular complexity index is 726. The Hall–Kier alpha value is -2.67. The maximum absolute atomic E-state index is 12.4. The number of thiocarbonyl (C=S) groups is 1. The monoisotopic (exact) mass is 316 g/mol. The van der Waals surface area contributed by atoms with Crippen molar-refractivity contribution in [1.29, 1.82) is 0 Å². The van der Waals surface area contributed by atoms with Crippen LogP contribution in [0.1, 0.15) is 5.56 Å². The van der Waals surface area contributed by atoms with Crippen molar-refractivity contribution in [2.75, 3.05) is 13.3 Å². The lowest BCUT2D eigenvalue weighted by atomic mass is 10.1. The number of hydrogen-bond acceptors (Lipinski definition) is 5. The van der Waals surface area contributed by atoms with Crippen LogP contribution in [0.4, 0.5) is 0 Å². The van der Waals surface area contributed by atoms with Crippen molar-refractivity contribution in [1.82, 2.24) is 10.2 Å². The predicted molar refractivity (Wildman–Crippen MR) is 83.2 cm³/mol. The molecule has 1 N–H and O–H groups in total. The molecule has 2 aliphatic heterocycles. The molecule has 112 valence electrons. The Kier molecular flexibility index (Phi) is 3.64. The van der Waals surface area contributed by atoms with Crippen LogP contribution in [-0.2, 0) is 9.59 Å². The van der Waals surface area contributed by atoms with E-state index in [2.05, 4.69) is 11.9 Å². The lowest BCUT2D eigenvalue weighted by molar-refractivity contribution is -0.128. The highest BCUT2D eigenvalue weighted by Gasteiger charge is 2.32. The van der Waals surface area contributed by atoms with Crippen LogP contribution in [0.2, 0.25) is 0 Å². The third-order valence-electron chi connectivity index (χ3n) is 3.21. The molecule has 6 nitrogen and oxygen atoms in total. The van der Waals surface area contributed by atoms with E-state index in [1.807, 2.05) is 0 Å². The molecule has 22 heavy (non-hydrogen) atoms. The molecule has 3 rings (SSSR count). The number of nitrogens with one attached hydrogen (secondary N) is 1. The molecule has 0 atom stereocenters. The maximum atomic E-state index is 12.4. The topological polar surface area (TPSA) is 67.9 Å². The normalized spacial score (nSPS) is 18.6. The number of hydrogen-bond donors (Lipinski definition) is 1. The van der Waals surface area contributed by atoms with Crippen molar-refractivity contribution in [2.45, 2.75) is 0 Å². The molecule has 2 heterocycles. The summed E-state index contributed by atoms with van der Waals surface area (Å²) in [7, 11) is 0. The van der Waals surface area contributed by atoms with Gasteiger partial charge in [-0.1, -0.05) is 12.1 Å². The maximum Gasteiger partial charge on any atom is 0.265 e. The zero-order valence-electron chi connectivity index (χ0n) is 11.5. The standard InChI is InChI=1S/C15H12N2O4S/c1-2-5-17-14(19)10(13(18)16-15(17)22)6-9-3-4-11-12(7-9)21-8-20-11/h2-4,6-7H,1,5,8H2,(H,16,18,22)/b10-6+. The van der Waals surface area contributed by atoms with Crippen LogP contribution in [0.15, 0.2) is 36.4 Å². The summed E-state index contributed by atoms with van der Waals surface area (Å²) in [5.74, 6) is 0.242. The van der Waals surface area contributed by atoms with Crippen LogP contribution in [0, 0.1) is 0 Å². The van der Waals surface area contributed by atoms with Gasteiger partial charge in [0.2, 0.25) is 6.79 Å². The fourth-order valence-corrected chi connectivity index (χ4v) is 2.41. The Balaban J connectivity index is 1.94. The summed E-state index contributed by atoms with van der Waals surface area (Å²) in [5.41, 5.74) is 0.670. The Labute approximate surface area is 132 Å². The largest absolute Gasteiger partial charge is 0.454 e. The molecular formula is C15H12N2O4S. The SMILES string of the molecule is C=CCN1C(=O)/C(=C/c2ccc3c(c2)OCO3)C(=O)NC1=S. The summed E-state index contributed by atoms with van der Waals surface area (Å²) in [6.45, 7) is 3.97. The molecule has 0 unspecified atom stereocenters. The minimum Gasteiger partial charge on any atom is -0.454 e. The molecule has 1 saturated heterocycles. The van der Waals surface area contributed by atoms with Gasteiger partial charge in [0.1, 0.15) is 5.57 Å². The average molecular weight is 316 g/mol. The van der Waals surface area contributed by atoms with Crippen molar-refractivity contribution in [3.05, 3.63) is 42.0 Å². The van der Waals surface area contributed by atoms with E-state index in [9.17, 15) is 9.59 Å². The van der Waals surface area contributed by atoms with E-state index in [1.165, 1.54) is 11.0 Å². The Morgan fingerprint density at radius 3 is 2.86 bits per heavy atom. The summed E-state index contributed by atoms with van der Waals surface area (Å²) in [6.07, 6.45) is 3.04. The van der Waals surface area contributed by atoms with Crippen molar-refractivity contribution in [3.63, 3.8) is 0 Å². The first kappa shape index (κ1) is 14.3. The molecule has 2 amide bonds. The molecule has 7 heteroatoms. The van der Waals surface area contributed by atoms with Crippen LogP contribution in [0.5, 0.6) is 11.5 Å². The molecular weight excluding hydrogens is 304 g/mol. The summed E-state index contributed by atoms with van der Waals surface area (Å²) in [5, 5.41) is 2.57. The second-order valence-electron chi connectivity index (χ2n) is 4.63. The van der Waals surface area contributed by atoms with Crippen molar-refractivity contribution >= 4 is 35.2 Å². The molecule has 0 saturated carbocycles. The average Bonchev–Trinajstić information content (AvgIpc) is 2.95. The number of fused-ring (bicyclic) bond motifs is 1. The third kappa shape index (κ3) is 2.46. The van der Waals surface area contributed by atoms with Gasteiger partial charge in [-0.05, 0) is 36.0 Å². The first-order valence-corrected chi connectivity index (χ1v) is 6.90. The van der Waals surface area contributed by atoms with Gasteiger partial charge in [-0.15, -0.1) is 6.58 Å². The van der Waals surface area contributed by atoms with Gasteiger partial charge in [0.25, 0.3) is 11.8 Å². The number of benzene rings is 1. The van der Waals surface area contributed by atoms with Crippen molar-refractivity contribution < 1.29 is 19.1 Å². The van der Waals surface area contributed by atoms with Crippen LogP contribution in [-0.4, -0.2) is 35.2 Å². The molecule has 2 aliphatic rings. The van der Waals surface area contributed by atoms with E-state index in [1.54, 1.807) is 24.3 Å². The van der Waals surface area contributed by atoms with Gasteiger partial charge in [-0.2, -0.15) is 0 Å². The summed E-state index contributed by atoms with van der Waals surface area (Å²) >= 11 is 4.99. The second-order valence-corrected chi connectivity index (χ2v) is 5.02. The van der Waals surface area contributed by atoms with Crippen LogP contribution in [0.25, 0.3) is 6.08 Å². The number of nitrogens with zero attached hydrogens (tertiary/aromatic N) is 1. The lowest BCUT2D eigenvalue weighted by Crippen LogP contribution is -2.53. The van der Waals surface area contributed by atoms with Crippen molar-refractivity contribution in [3.8, 4) is 11.5 Å². The summed E-state index contributed by atoms with van der Waals surface area (Å²) in [6, 6.07) is 5.18.